The summed E-state index contributed by atoms with van der Waals surface area (Å²) in [6, 6.07) is 4.32. The van der Waals surface area contributed by atoms with Crippen LogP contribution < -0.4 is 5.32 Å². The first-order chi connectivity index (χ1) is 9.95. The number of furan rings is 1. The molecule has 0 saturated heterocycles. The second kappa shape index (κ2) is 6.63. The Kier molecular flexibility index (Phi) is 5.07. The van der Waals surface area contributed by atoms with E-state index in [2.05, 4.69) is 12.2 Å². The van der Waals surface area contributed by atoms with Gasteiger partial charge in [-0.2, -0.15) is 0 Å². The number of halogens is 2. The molecule has 0 bridgehead atoms. The molecule has 4 heteroatoms. The van der Waals surface area contributed by atoms with Crippen molar-refractivity contribution in [3.8, 4) is 0 Å². The van der Waals surface area contributed by atoms with Crippen LogP contribution in [0.1, 0.15) is 47.6 Å². The molecule has 1 atom stereocenters. The van der Waals surface area contributed by atoms with Crippen molar-refractivity contribution in [3.05, 3.63) is 57.2 Å². The summed E-state index contributed by atoms with van der Waals surface area (Å²) >= 11 is 6.29. The predicted octanol–water partition coefficient (Wildman–Crippen LogP) is 5.09. The first kappa shape index (κ1) is 16.1. The zero-order chi connectivity index (χ0) is 15.6. The van der Waals surface area contributed by atoms with Crippen molar-refractivity contribution < 1.29 is 8.81 Å². The van der Waals surface area contributed by atoms with Crippen LogP contribution in [0, 0.1) is 26.6 Å². The van der Waals surface area contributed by atoms with Crippen LogP contribution in [0.3, 0.4) is 0 Å². The van der Waals surface area contributed by atoms with E-state index < -0.39 is 0 Å². The molecule has 0 amide bonds. The van der Waals surface area contributed by atoms with Gasteiger partial charge in [-0.05, 0) is 63.1 Å². The smallest absolute Gasteiger partial charge is 0.123 e. The molecule has 0 aliphatic rings. The minimum Gasteiger partial charge on any atom is -0.466 e. The first-order valence-electron chi connectivity index (χ1n) is 7.20. The lowest BCUT2D eigenvalue weighted by Gasteiger charge is -2.21. The van der Waals surface area contributed by atoms with Crippen LogP contribution in [0.4, 0.5) is 4.39 Å². The van der Waals surface area contributed by atoms with E-state index in [1.807, 2.05) is 20.8 Å². The molecule has 1 heterocycles. The number of aryl methyl sites for hydroxylation is 2. The Labute approximate surface area is 130 Å². The SMILES string of the molecule is CCCNC(c1cc(F)ccc1Cl)c1c(C)oc(C)c1C. The van der Waals surface area contributed by atoms with Gasteiger partial charge in [0.05, 0.1) is 6.04 Å². The summed E-state index contributed by atoms with van der Waals surface area (Å²) < 4.78 is 19.4. The van der Waals surface area contributed by atoms with E-state index in [9.17, 15) is 4.39 Å². The highest BCUT2D eigenvalue weighted by Gasteiger charge is 2.24. The van der Waals surface area contributed by atoms with Crippen LogP contribution in [0.2, 0.25) is 5.02 Å². The zero-order valence-electron chi connectivity index (χ0n) is 12.9. The molecule has 2 rings (SSSR count). The molecule has 0 saturated carbocycles. The largest absolute Gasteiger partial charge is 0.466 e. The van der Waals surface area contributed by atoms with Crippen molar-refractivity contribution in [2.24, 2.45) is 0 Å². The third kappa shape index (κ3) is 3.30. The molecule has 1 aromatic carbocycles. The van der Waals surface area contributed by atoms with Crippen LogP contribution in [0.15, 0.2) is 22.6 Å². The molecule has 2 nitrogen and oxygen atoms in total. The van der Waals surface area contributed by atoms with E-state index in [0.29, 0.717) is 5.02 Å². The van der Waals surface area contributed by atoms with Crippen molar-refractivity contribution >= 4 is 11.6 Å². The third-order valence-electron chi connectivity index (χ3n) is 3.77. The van der Waals surface area contributed by atoms with E-state index in [4.69, 9.17) is 16.0 Å². The van der Waals surface area contributed by atoms with Crippen molar-refractivity contribution in [2.75, 3.05) is 6.54 Å². The Morgan fingerprint density at radius 2 is 1.95 bits per heavy atom. The summed E-state index contributed by atoms with van der Waals surface area (Å²) in [5, 5.41) is 4.01. The second-order valence-electron chi connectivity index (χ2n) is 5.31. The van der Waals surface area contributed by atoms with Gasteiger partial charge in [0.25, 0.3) is 0 Å². The van der Waals surface area contributed by atoms with Gasteiger partial charge in [0.1, 0.15) is 17.3 Å². The summed E-state index contributed by atoms with van der Waals surface area (Å²) in [4.78, 5) is 0. The molecule has 21 heavy (non-hydrogen) atoms. The molecule has 2 aromatic rings. The van der Waals surface area contributed by atoms with Gasteiger partial charge in [-0.15, -0.1) is 0 Å². The molecule has 0 fully saturated rings. The Morgan fingerprint density at radius 3 is 2.52 bits per heavy atom. The molecule has 0 spiro atoms. The van der Waals surface area contributed by atoms with Crippen LogP contribution in [-0.4, -0.2) is 6.54 Å². The molecule has 114 valence electrons. The highest BCUT2D eigenvalue weighted by atomic mass is 35.5. The van der Waals surface area contributed by atoms with Gasteiger partial charge < -0.3 is 9.73 Å². The van der Waals surface area contributed by atoms with Crippen molar-refractivity contribution in [1.82, 2.24) is 5.32 Å². The summed E-state index contributed by atoms with van der Waals surface area (Å²) in [6.07, 6.45) is 0.984. The van der Waals surface area contributed by atoms with Crippen molar-refractivity contribution in [2.45, 2.75) is 40.2 Å². The van der Waals surface area contributed by atoms with Crippen LogP contribution in [0.5, 0.6) is 0 Å². The molecule has 1 unspecified atom stereocenters. The van der Waals surface area contributed by atoms with E-state index in [-0.39, 0.29) is 11.9 Å². The minimum atomic E-state index is -0.284. The van der Waals surface area contributed by atoms with Gasteiger partial charge in [0.2, 0.25) is 0 Å². The monoisotopic (exact) mass is 309 g/mol. The lowest BCUT2D eigenvalue weighted by atomic mass is 9.95. The highest BCUT2D eigenvalue weighted by Crippen LogP contribution is 2.35. The summed E-state index contributed by atoms with van der Waals surface area (Å²) in [5.74, 6) is 1.45. The highest BCUT2D eigenvalue weighted by molar-refractivity contribution is 6.31. The maximum atomic E-state index is 13.6. The fraction of sp³-hybridized carbons (Fsp3) is 0.412. The maximum Gasteiger partial charge on any atom is 0.123 e. The van der Waals surface area contributed by atoms with Crippen molar-refractivity contribution in [3.63, 3.8) is 0 Å². The van der Waals surface area contributed by atoms with Crippen LogP contribution in [0.25, 0.3) is 0 Å². The van der Waals surface area contributed by atoms with E-state index in [0.717, 1.165) is 41.2 Å². The normalized spacial score (nSPS) is 12.7. The van der Waals surface area contributed by atoms with Crippen LogP contribution in [-0.2, 0) is 0 Å². The molecular formula is C17H21ClFNO. The number of hydrogen-bond donors (Lipinski definition) is 1. The first-order valence-corrected chi connectivity index (χ1v) is 7.58. The number of rotatable bonds is 5. The average molecular weight is 310 g/mol. The maximum absolute atomic E-state index is 13.6. The quantitative estimate of drug-likeness (QED) is 0.832. The van der Waals surface area contributed by atoms with E-state index in [1.54, 1.807) is 6.07 Å². The summed E-state index contributed by atoms with van der Waals surface area (Å²) in [5.41, 5.74) is 2.88. The van der Waals surface area contributed by atoms with Gasteiger partial charge in [-0.1, -0.05) is 18.5 Å². The summed E-state index contributed by atoms with van der Waals surface area (Å²) in [7, 11) is 0. The Bertz CT molecular complexity index is 636. The lowest BCUT2D eigenvalue weighted by Crippen LogP contribution is -2.24. The second-order valence-corrected chi connectivity index (χ2v) is 5.71. The Morgan fingerprint density at radius 1 is 1.24 bits per heavy atom. The Balaban J connectivity index is 2.55. The molecule has 0 aliphatic heterocycles. The molecule has 1 N–H and O–H groups in total. The van der Waals surface area contributed by atoms with E-state index in [1.165, 1.54) is 12.1 Å². The van der Waals surface area contributed by atoms with Gasteiger partial charge in [-0.25, -0.2) is 4.39 Å². The minimum absolute atomic E-state index is 0.161. The average Bonchev–Trinajstić information content (AvgIpc) is 2.69. The molecular weight excluding hydrogens is 289 g/mol. The lowest BCUT2D eigenvalue weighted by molar-refractivity contribution is 0.492. The zero-order valence-corrected chi connectivity index (χ0v) is 13.6. The van der Waals surface area contributed by atoms with Crippen LogP contribution >= 0.6 is 11.6 Å². The Hall–Kier alpha value is -1.32. The number of nitrogens with one attached hydrogen (secondary N) is 1. The number of hydrogen-bond acceptors (Lipinski definition) is 2. The molecule has 1 aromatic heterocycles. The number of benzene rings is 1. The third-order valence-corrected chi connectivity index (χ3v) is 4.12. The van der Waals surface area contributed by atoms with Crippen molar-refractivity contribution in [1.29, 1.82) is 0 Å². The molecule has 0 aliphatic carbocycles. The fourth-order valence-electron chi connectivity index (χ4n) is 2.63. The van der Waals surface area contributed by atoms with Gasteiger partial charge in [-0.3, -0.25) is 0 Å². The van der Waals surface area contributed by atoms with Gasteiger partial charge in [0.15, 0.2) is 0 Å². The van der Waals surface area contributed by atoms with Gasteiger partial charge >= 0.3 is 0 Å². The van der Waals surface area contributed by atoms with E-state index >= 15 is 0 Å². The topological polar surface area (TPSA) is 25.2 Å². The summed E-state index contributed by atoms with van der Waals surface area (Å²) in [6.45, 7) is 8.81. The fourth-order valence-corrected chi connectivity index (χ4v) is 2.85. The molecule has 0 radical (unpaired) electrons. The standard InChI is InChI=1S/C17H21ClFNO/c1-5-8-20-17(14-9-13(19)6-7-15(14)18)16-10(2)11(3)21-12(16)4/h6-7,9,17,20H,5,8H2,1-4H3. The predicted molar refractivity (Wildman–Crippen MR) is 84.5 cm³/mol. The van der Waals surface area contributed by atoms with Gasteiger partial charge in [0, 0.05) is 10.6 Å².